The molecule has 0 N–H and O–H groups in total. The third-order valence-corrected chi connectivity index (χ3v) is 7.34. The summed E-state index contributed by atoms with van der Waals surface area (Å²) in [5.41, 5.74) is 4.73. The lowest BCUT2D eigenvalue weighted by molar-refractivity contribution is 0.0783. The molecule has 2 fully saturated rings. The molecule has 5 heteroatoms. The molecule has 2 saturated heterocycles. The maximum Gasteiger partial charge on any atom is 0.274 e. The van der Waals surface area contributed by atoms with Crippen LogP contribution in [0.25, 0.3) is 0 Å². The van der Waals surface area contributed by atoms with E-state index in [9.17, 15) is 4.79 Å². The van der Waals surface area contributed by atoms with Crippen LogP contribution in [0.1, 0.15) is 65.3 Å². The van der Waals surface area contributed by atoms with Gasteiger partial charge in [-0.05, 0) is 69.5 Å². The van der Waals surface area contributed by atoms with Crippen LogP contribution in [0.2, 0.25) is 0 Å². The molecule has 1 aromatic carbocycles. The molecule has 1 aromatic heterocycles. The monoisotopic (exact) mass is 392 g/mol. The third kappa shape index (κ3) is 3.61. The van der Waals surface area contributed by atoms with Gasteiger partial charge in [-0.25, -0.2) is 0 Å². The second-order valence-electron chi connectivity index (χ2n) is 9.01. The number of aryl methyl sites for hydroxylation is 1. The Bertz CT molecular complexity index is 861. The van der Waals surface area contributed by atoms with Crippen LogP contribution in [0, 0.1) is 0 Å². The number of aromatic nitrogens is 2. The molecule has 3 aliphatic rings. The Hall–Kier alpha value is -2.14. The summed E-state index contributed by atoms with van der Waals surface area (Å²) in [5.74, 6) is 0.847. The molecule has 3 heterocycles. The van der Waals surface area contributed by atoms with Crippen molar-refractivity contribution in [2.45, 2.75) is 56.9 Å². The number of nitrogens with zero attached hydrogens (tertiary/aromatic N) is 4. The molecule has 0 saturated carbocycles. The number of benzene rings is 1. The number of likely N-dealkylation sites (tertiary alicyclic amines) is 2. The summed E-state index contributed by atoms with van der Waals surface area (Å²) in [4.78, 5) is 17.7. The van der Waals surface area contributed by atoms with Gasteiger partial charge < -0.3 is 4.90 Å². The second kappa shape index (κ2) is 7.94. The first-order valence-corrected chi connectivity index (χ1v) is 11.3. The van der Waals surface area contributed by atoms with E-state index in [0.717, 1.165) is 57.6 Å². The molecule has 5 rings (SSSR count). The fourth-order valence-electron chi connectivity index (χ4n) is 5.65. The number of amides is 1. The van der Waals surface area contributed by atoms with E-state index >= 15 is 0 Å². The molecule has 0 bridgehead atoms. The predicted molar refractivity (Wildman–Crippen MR) is 114 cm³/mol. The lowest BCUT2D eigenvalue weighted by Gasteiger charge is -2.39. The van der Waals surface area contributed by atoms with Crippen LogP contribution in [0.5, 0.6) is 0 Å². The molecule has 0 radical (unpaired) electrons. The van der Waals surface area contributed by atoms with Crippen molar-refractivity contribution in [2.24, 2.45) is 7.05 Å². The lowest BCUT2D eigenvalue weighted by atomic mass is 9.85. The van der Waals surface area contributed by atoms with Gasteiger partial charge in [0.2, 0.25) is 0 Å². The van der Waals surface area contributed by atoms with Gasteiger partial charge >= 0.3 is 0 Å². The third-order valence-electron chi connectivity index (χ3n) is 7.34. The fraction of sp³-hybridized carbons (Fsp3) is 0.583. The van der Waals surface area contributed by atoms with Gasteiger partial charge in [-0.3, -0.25) is 14.4 Å². The summed E-state index contributed by atoms with van der Waals surface area (Å²) in [6.45, 7) is 4.10. The Kier molecular flexibility index (Phi) is 5.17. The zero-order valence-corrected chi connectivity index (χ0v) is 17.5. The molecule has 5 nitrogen and oxygen atoms in total. The fourth-order valence-corrected chi connectivity index (χ4v) is 5.65. The van der Waals surface area contributed by atoms with Crippen LogP contribution < -0.4 is 0 Å². The van der Waals surface area contributed by atoms with Crippen molar-refractivity contribution in [1.82, 2.24) is 19.6 Å². The van der Waals surface area contributed by atoms with Gasteiger partial charge in [0.1, 0.15) is 0 Å². The molecule has 1 amide bonds. The molecule has 154 valence electrons. The van der Waals surface area contributed by atoms with Crippen molar-refractivity contribution >= 4 is 5.91 Å². The molecule has 29 heavy (non-hydrogen) atoms. The van der Waals surface area contributed by atoms with Gasteiger partial charge in [-0.2, -0.15) is 5.10 Å². The normalized spacial score (nSPS) is 23.3. The Morgan fingerprint density at radius 1 is 1.00 bits per heavy atom. The van der Waals surface area contributed by atoms with Gasteiger partial charge in [0.05, 0.1) is 0 Å². The zero-order valence-electron chi connectivity index (χ0n) is 17.5. The summed E-state index contributed by atoms with van der Waals surface area (Å²) in [5, 5.41) is 4.68. The van der Waals surface area contributed by atoms with Crippen molar-refractivity contribution < 1.29 is 4.79 Å². The summed E-state index contributed by atoms with van der Waals surface area (Å²) >= 11 is 0. The lowest BCUT2D eigenvalue weighted by Crippen LogP contribution is -2.44. The average molecular weight is 393 g/mol. The minimum atomic E-state index is 0.155. The van der Waals surface area contributed by atoms with Crippen molar-refractivity contribution in [3.8, 4) is 0 Å². The summed E-state index contributed by atoms with van der Waals surface area (Å²) in [7, 11) is 2.01. The van der Waals surface area contributed by atoms with E-state index < -0.39 is 0 Å². The van der Waals surface area contributed by atoms with Crippen molar-refractivity contribution in [3.63, 3.8) is 0 Å². The van der Waals surface area contributed by atoms with Crippen LogP contribution >= 0.6 is 0 Å². The summed E-state index contributed by atoms with van der Waals surface area (Å²) in [6.07, 6.45) is 7.92. The average Bonchev–Trinajstić information content (AvgIpc) is 3.42. The molecular weight excluding hydrogens is 360 g/mol. The SMILES string of the molecule is Cn1nc(C(=O)N2CCCC2)c2c1CC[C@H](N1CCC(c3ccccc3)CC1)C2. The van der Waals surface area contributed by atoms with Gasteiger partial charge in [0.25, 0.3) is 5.91 Å². The van der Waals surface area contributed by atoms with E-state index in [1.54, 1.807) is 0 Å². The van der Waals surface area contributed by atoms with Gasteiger partial charge in [-0.1, -0.05) is 30.3 Å². The number of fused-ring (bicyclic) bond motifs is 1. The first-order chi connectivity index (χ1) is 14.2. The predicted octanol–water partition coefficient (Wildman–Crippen LogP) is 3.39. The maximum atomic E-state index is 13.1. The Balaban J connectivity index is 1.28. The first kappa shape index (κ1) is 18.9. The summed E-state index contributed by atoms with van der Waals surface area (Å²) in [6, 6.07) is 11.5. The van der Waals surface area contributed by atoms with E-state index in [-0.39, 0.29) is 5.91 Å². The van der Waals surface area contributed by atoms with E-state index in [2.05, 4.69) is 40.3 Å². The second-order valence-corrected chi connectivity index (χ2v) is 9.01. The highest BCUT2D eigenvalue weighted by atomic mass is 16.2. The molecule has 2 aliphatic heterocycles. The van der Waals surface area contributed by atoms with Gasteiger partial charge in [0, 0.05) is 37.4 Å². The van der Waals surface area contributed by atoms with Crippen LogP contribution in [0.15, 0.2) is 30.3 Å². The van der Waals surface area contributed by atoms with Crippen LogP contribution in [-0.2, 0) is 19.9 Å². The van der Waals surface area contributed by atoms with Crippen molar-refractivity contribution in [2.75, 3.05) is 26.2 Å². The van der Waals surface area contributed by atoms with Gasteiger partial charge in [-0.15, -0.1) is 0 Å². The zero-order chi connectivity index (χ0) is 19.8. The Morgan fingerprint density at radius 2 is 1.72 bits per heavy atom. The largest absolute Gasteiger partial charge is 0.337 e. The molecule has 1 atom stereocenters. The highest BCUT2D eigenvalue weighted by molar-refractivity contribution is 5.94. The van der Waals surface area contributed by atoms with Crippen molar-refractivity contribution in [3.05, 3.63) is 52.8 Å². The van der Waals surface area contributed by atoms with Crippen LogP contribution in [-0.4, -0.2) is 57.7 Å². The molecular formula is C24H32N4O. The quantitative estimate of drug-likeness (QED) is 0.804. The molecule has 2 aromatic rings. The standard InChI is InChI=1S/C24H32N4O/c1-26-22-10-9-20(17-21(22)23(25-26)24(29)28-13-5-6-14-28)27-15-11-19(12-16-27)18-7-3-2-4-8-18/h2-4,7-8,19-20H,5-6,9-17H2,1H3/t20-/m0/s1. The minimum absolute atomic E-state index is 0.155. The van der Waals surface area contributed by atoms with Crippen molar-refractivity contribution in [1.29, 1.82) is 0 Å². The molecule has 0 spiro atoms. The number of hydrogen-bond donors (Lipinski definition) is 0. The van der Waals surface area contributed by atoms with Gasteiger partial charge in [0.15, 0.2) is 5.69 Å². The van der Waals surface area contributed by atoms with Crippen LogP contribution in [0.3, 0.4) is 0 Å². The smallest absolute Gasteiger partial charge is 0.274 e. The molecule has 0 unspecified atom stereocenters. The van der Waals surface area contributed by atoms with E-state index in [1.807, 2.05) is 16.6 Å². The molecule has 1 aliphatic carbocycles. The number of carbonyl (C=O) groups excluding carboxylic acids is 1. The van der Waals surface area contributed by atoms with E-state index in [4.69, 9.17) is 0 Å². The van der Waals surface area contributed by atoms with E-state index in [0.29, 0.717) is 12.0 Å². The highest BCUT2D eigenvalue weighted by Crippen LogP contribution is 2.33. The number of hydrogen-bond acceptors (Lipinski definition) is 3. The number of piperidine rings is 1. The van der Waals surface area contributed by atoms with Crippen LogP contribution in [0.4, 0.5) is 0 Å². The maximum absolute atomic E-state index is 13.1. The minimum Gasteiger partial charge on any atom is -0.337 e. The number of rotatable bonds is 3. The van der Waals surface area contributed by atoms with E-state index in [1.165, 1.54) is 36.1 Å². The summed E-state index contributed by atoms with van der Waals surface area (Å²) < 4.78 is 1.97. The highest BCUT2D eigenvalue weighted by Gasteiger charge is 2.34. The Labute approximate surface area is 173 Å². The topological polar surface area (TPSA) is 41.4 Å². The Morgan fingerprint density at radius 3 is 2.45 bits per heavy atom. The number of carbonyl (C=O) groups is 1. The first-order valence-electron chi connectivity index (χ1n) is 11.3.